The Kier molecular flexibility index (Phi) is 5.01. The molecular weight excluding hydrogens is 310 g/mol. The van der Waals surface area contributed by atoms with Gasteiger partial charge in [0.05, 0.1) is 12.7 Å². The number of hydrogen-bond acceptors (Lipinski definition) is 5. The Hall–Kier alpha value is -2.12. The molecule has 3 rings (SSSR count). The van der Waals surface area contributed by atoms with Gasteiger partial charge in [0.15, 0.2) is 6.61 Å². The van der Waals surface area contributed by atoms with Crippen molar-refractivity contribution in [1.29, 1.82) is 0 Å². The summed E-state index contributed by atoms with van der Waals surface area (Å²) in [5.74, 6) is -0.241. The molecule has 0 aromatic heterocycles. The molecule has 2 amide bonds. The van der Waals surface area contributed by atoms with Crippen molar-refractivity contribution in [3.05, 3.63) is 29.8 Å². The van der Waals surface area contributed by atoms with Crippen LogP contribution in [0.2, 0.25) is 0 Å². The molecule has 130 valence electrons. The first-order valence-corrected chi connectivity index (χ1v) is 8.19. The zero-order chi connectivity index (χ0) is 17.1. The summed E-state index contributed by atoms with van der Waals surface area (Å²) in [5, 5.41) is 3.08. The molecule has 0 aliphatic carbocycles. The molecule has 3 atom stereocenters. The maximum absolute atomic E-state index is 12.5. The second-order valence-corrected chi connectivity index (χ2v) is 6.44. The monoisotopic (exact) mass is 333 g/mol. The highest BCUT2D eigenvalue weighted by molar-refractivity contribution is 5.94. The number of hydrogen-bond donors (Lipinski definition) is 2. The summed E-state index contributed by atoms with van der Waals surface area (Å²) >= 11 is 0. The molecule has 0 spiro atoms. The van der Waals surface area contributed by atoms with Crippen LogP contribution in [0, 0.1) is 0 Å². The van der Waals surface area contributed by atoms with Crippen molar-refractivity contribution in [2.24, 2.45) is 5.73 Å². The molecule has 2 heterocycles. The second-order valence-electron chi connectivity index (χ2n) is 6.44. The summed E-state index contributed by atoms with van der Waals surface area (Å²) in [7, 11) is 0. The molecule has 3 N–H and O–H groups in total. The number of carbonyl (C=O) groups is 2. The highest BCUT2D eigenvalue weighted by Gasteiger charge is 2.36. The molecule has 0 saturated carbocycles. The maximum Gasteiger partial charge on any atom is 0.255 e. The number of nitrogens with one attached hydrogen (secondary N) is 1. The second kappa shape index (κ2) is 7.19. The van der Waals surface area contributed by atoms with Crippen LogP contribution in [-0.2, 0) is 9.53 Å². The average Bonchev–Trinajstić information content (AvgIpc) is 2.94. The fraction of sp³-hybridized carbons (Fsp3) is 0.529. The number of nitrogens with two attached hydrogens (primary N) is 1. The molecule has 2 aliphatic rings. The van der Waals surface area contributed by atoms with E-state index < -0.39 is 5.91 Å². The highest BCUT2D eigenvalue weighted by atomic mass is 16.5. The van der Waals surface area contributed by atoms with Crippen LogP contribution in [0.15, 0.2) is 24.3 Å². The van der Waals surface area contributed by atoms with E-state index in [0.717, 1.165) is 26.1 Å². The van der Waals surface area contributed by atoms with Gasteiger partial charge in [0.25, 0.3) is 11.8 Å². The molecule has 7 heteroatoms. The van der Waals surface area contributed by atoms with Gasteiger partial charge in [-0.05, 0) is 31.5 Å². The van der Waals surface area contributed by atoms with Gasteiger partial charge in [0.2, 0.25) is 0 Å². The number of rotatable bonds is 5. The van der Waals surface area contributed by atoms with Gasteiger partial charge in [-0.1, -0.05) is 6.07 Å². The van der Waals surface area contributed by atoms with Gasteiger partial charge in [-0.15, -0.1) is 0 Å². The van der Waals surface area contributed by atoms with Gasteiger partial charge in [0, 0.05) is 30.7 Å². The van der Waals surface area contributed by atoms with Gasteiger partial charge in [-0.3, -0.25) is 14.5 Å². The van der Waals surface area contributed by atoms with E-state index in [-0.39, 0.29) is 24.7 Å². The Bertz CT molecular complexity index is 622. The Morgan fingerprint density at radius 2 is 2.25 bits per heavy atom. The van der Waals surface area contributed by atoms with Gasteiger partial charge < -0.3 is 20.5 Å². The largest absolute Gasteiger partial charge is 0.484 e. The van der Waals surface area contributed by atoms with E-state index in [2.05, 4.69) is 17.1 Å². The standard InChI is InChI=1S/C17H23N3O4/c1-11-7-20-8-13(6-14(20)9-23-11)19-17(22)12-3-2-4-15(5-12)24-10-16(18)21/h2-5,11,13-14H,6-10H2,1H3,(H2,18,21)(H,19,22)/t11-,13+,14+/m1/s1. The lowest BCUT2D eigenvalue weighted by Crippen LogP contribution is -2.45. The van der Waals surface area contributed by atoms with Crippen LogP contribution in [-0.4, -0.2) is 61.2 Å². The summed E-state index contributed by atoms with van der Waals surface area (Å²) in [6.45, 7) is 4.35. The van der Waals surface area contributed by atoms with Crippen molar-refractivity contribution in [2.45, 2.75) is 31.5 Å². The molecule has 24 heavy (non-hydrogen) atoms. The predicted octanol–water partition coefficient (Wildman–Crippen LogP) is 0.142. The first kappa shape index (κ1) is 16.7. The van der Waals surface area contributed by atoms with Crippen LogP contribution in [0.25, 0.3) is 0 Å². The third-order valence-electron chi connectivity index (χ3n) is 4.41. The number of primary amides is 1. The van der Waals surface area contributed by atoms with E-state index in [0.29, 0.717) is 17.4 Å². The topological polar surface area (TPSA) is 93.9 Å². The van der Waals surface area contributed by atoms with Gasteiger partial charge >= 0.3 is 0 Å². The van der Waals surface area contributed by atoms with E-state index >= 15 is 0 Å². The molecule has 0 bridgehead atoms. The fourth-order valence-electron chi connectivity index (χ4n) is 3.29. The van der Waals surface area contributed by atoms with Crippen molar-refractivity contribution >= 4 is 11.8 Å². The zero-order valence-corrected chi connectivity index (χ0v) is 13.7. The molecule has 2 saturated heterocycles. The number of fused-ring (bicyclic) bond motifs is 1. The smallest absolute Gasteiger partial charge is 0.255 e. The zero-order valence-electron chi connectivity index (χ0n) is 13.7. The van der Waals surface area contributed by atoms with Crippen LogP contribution in [0.1, 0.15) is 23.7 Å². The summed E-state index contributed by atoms with van der Waals surface area (Å²) < 4.78 is 10.9. The Labute approximate surface area is 141 Å². The minimum atomic E-state index is -0.552. The van der Waals surface area contributed by atoms with Gasteiger partial charge in [-0.25, -0.2) is 0 Å². The SMILES string of the molecule is C[C@@H]1CN2C[C@@H](NC(=O)c3cccc(OCC(N)=O)c3)C[C@H]2CO1. The lowest BCUT2D eigenvalue weighted by molar-refractivity contribution is -0.119. The minimum absolute atomic E-state index is 0.117. The van der Waals surface area contributed by atoms with Crippen molar-refractivity contribution in [2.75, 3.05) is 26.3 Å². The molecule has 0 radical (unpaired) electrons. The third-order valence-corrected chi connectivity index (χ3v) is 4.41. The van der Waals surface area contributed by atoms with E-state index in [9.17, 15) is 9.59 Å². The van der Waals surface area contributed by atoms with E-state index in [1.165, 1.54) is 0 Å². The number of carbonyl (C=O) groups excluding carboxylic acids is 2. The van der Waals surface area contributed by atoms with E-state index in [1.54, 1.807) is 24.3 Å². The van der Waals surface area contributed by atoms with Gasteiger partial charge in [0.1, 0.15) is 5.75 Å². The molecular formula is C17H23N3O4. The molecule has 1 aromatic carbocycles. The van der Waals surface area contributed by atoms with Gasteiger partial charge in [-0.2, -0.15) is 0 Å². The number of nitrogens with zero attached hydrogens (tertiary/aromatic N) is 1. The molecule has 1 aromatic rings. The average molecular weight is 333 g/mol. The summed E-state index contributed by atoms with van der Waals surface area (Å²) in [4.78, 5) is 25.6. The van der Waals surface area contributed by atoms with Crippen molar-refractivity contribution in [3.63, 3.8) is 0 Å². The fourth-order valence-corrected chi connectivity index (χ4v) is 3.29. The van der Waals surface area contributed by atoms with Crippen LogP contribution in [0.3, 0.4) is 0 Å². The van der Waals surface area contributed by atoms with Crippen LogP contribution >= 0.6 is 0 Å². The minimum Gasteiger partial charge on any atom is -0.484 e. The quantitative estimate of drug-likeness (QED) is 0.799. The lowest BCUT2D eigenvalue weighted by Gasteiger charge is -2.33. The third kappa shape index (κ3) is 4.04. The van der Waals surface area contributed by atoms with Crippen LogP contribution < -0.4 is 15.8 Å². The van der Waals surface area contributed by atoms with Crippen molar-refractivity contribution in [3.8, 4) is 5.75 Å². The Morgan fingerprint density at radius 3 is 3.04 bits per heavy atom. The molecule has 2 aliphatic heterocycles. The normalized spacial score (nSPS) is 26.6. The lowest BCUT2D eigenvalue weighted by atomic mass is 10.1. The maximum atomic E-state index is 12.5. The van der Waals surface area contributed by atoms with Crippen molar-refractivity contribution in [1.82, 2.24) is 10.2 Å². The Morgan fingerprint density at radius 1 is 1.42 bits per heavy atom. The van der Waals surface area contributed by atoms with E-state index in [4.69, 9.17) is 15.2 Å². The Balaban J connectivity index is 1.57. The number of benzene rings is 1. The van der Waals surface area contributed by atoms with Crippen LogP contribution in [0.5, 0.6) is 5.75 Å². The summed E-state index contributed by atoms with van der Waals surface area (Å²) in [5.41, 5.74) is 5.56. The number of ether oxygens (including phenoxy) is 2. The van der Waals surface area contributed by atoms with E-state index in [1.807, 2.05) is 0 Å². The summed E-state index contributed by atoms with van der Waals surface area (Å²) in [6, 6.07) is 7.25. The molecule has 2 fully saturated rings. The number of amides is 2. The first-order chi connectivity index (χ1) is 11.5. The molecule has 0 unspecified atom stereocenters. The van der Waals surface area contributed by atoms with Crippen molar-refractivity contribution < 1.29 is 19.1 Å². The number of morpholine rings is 1. The predicted molar refractivity (Wildman–Crippen MR) is 87.8 cm³/mol. The highest BCUT2D eigenvalue weighted by Crippen LogP contribution is 2.23. The molecule has 7 nitrogen and oxygen atoms in total. The first-order valence-electron chi connectivity index (χ1n) is 8.19. The summed E-state index contributed by atoms with van der Waals surface area (Å²) in [6.07, 6.45) is 1.14. The van der Waals surface area contributed by atoms with Crippen LogP contribution in [0.4, 0.5) is 0 Å².